The summed E-state index contributed by atoms with van der Waals surface area (Å²) in [6, 6.07) is 92.0. The molecule has 0 saturated carbocycles. The number of aromatic nitrogens is 2. The van der Waals surface area contributed by atoms with E-state index in [1.54, 1.807) is 0 Å². The van der Waals surface area contributed by atoms with E-state index in [1.807, 2.05) is 0 Å². The van der Waals surface area contributed by atoms with Crippen LogP contribution >= 0.6 is 0 Å². The number of fused-ring (bicyclic) bond motifs is 18. The van der Waals surface area contributed by atoms with Crippen LogP contribution in [-0.2, 0) is 0 Å². The largest absolute Gasteiger partial charge is 0.310 e. The van der Waals surface area contributed by atoms with Crippen LogP contribution in [0.15, 0.2) is 249 Å². The fraction of sp³-hybridized carbons (Fsp3) is 0. The number of nitrogens with zero attached hydrogens (tertiary/aromatic N) is 3. The smallest absolute Gasteiger partial charge is 0.0562 e. The second-order valence-corrected chi connectivity index (χ2v) is 18.4. The van der Waals surface area contributed by atoms with E-state index >= 15 is 0 Å². The molecular weight excluding hydrogens is 835 g/mol. The lowest BCUT2D eigenvalue weighted by Gasteiger charge is -2.27. The SMILES string of the molecule is c1ccc(-n2c3ccccc3c3c(-n4c5ccccc5c5cc(N(c6ccc7c8ccccc8c8ccccc8c7c6)c6ccc7c8ccccc8c8ccccc8c7c6)ccc54)cccc32)cc1. The van der Waals surface area contributed by atoms with Crippen molar-refractivity contribution in [3.8, 4) is 11.4 Å². The molecule has 0 unspecified atom stereocenters. The Morgan fingerprint density at radius 1 is 0.217 bits per heavy atom. The minimum absolute atomic E-state index is 1.10. The van der Waals surface area contributed by atoms with Crippen LogP contribution in [0.25, 0.3) is 120 Å². The first kappa shape index (κ1) is 38.0. The summed E-state index contributed by atoms with van der Waals surface area (Å²) in [6.45, 7) is 0. The fourth-order valence-electron chi connectivity index (χ4n) is 11.9. The summed E-state index contributed by atoms with van der Waals surface area (Å²) in [5.41, 5.74) is 10.3. The molecular formula is C66H41N3. The second kappa shape index (κ2) is 14.7. The molecule has 0 aliphatic rings. The molecule has 0 N–H and O–H groups in total. The first-order valence-electron chi connectivity index (χ1n) is 23.8. The molecule has 0 spiro atoms. The van der Waals surface area contributed by atoms with E-state index in [1.165, 1.54) is 103 Å². The van der Waals surface area contributed by atoms with E-state index in [-0.39, 0.29) is 0 Å². The van der Waals surface area contributed by atoms with Crippen molar-refractivity contribution in [1.82, 2.24) is 9.13 Å². The third kappa shape index (κ3) is 5.50. The number of benzene rings is 13. The quantitative estimate of drug-likeness (QED) is 0.157. The highest BCUT2D eigenvalue weighted by atomic mass is 15.1. The van der Waals surface area contributed by atoms with Crippen molar-refractivity contribution in [2.24, 2.45) is 0 Å². The third-order valence-electron chi connectivity index (χ3n) is 14.8. The zero-order chi connectivity index (χ0) is 45.2. The van der Waals surface area contributed by atoms with E-state index in [4.69, 9.17) is 0 Å². The zero-order valence-corrected chi connectivity index (χ0v) is 37.5. The Bertz CT molecular complexity index is 4380. The Kier molecular flexibility index (Phi) is 8.07. The standard InChI is InChI=1S/C66H41N3/c1-2-17-42(18-3-1)68-62-30-15-13-28-57(62)66-64(68)31-16-32-65(66)69-61-29-14-12-27-56(61)60-41-45(35-38-63(60)69)67(43-33-36-54-50-23-6-4-19-46(50)48-21-8-10-25-52(48)58(54)39-43)44-34-37-55-51-24-7-5-20-47(51)49-22-9-11-26-53(49)59(55)40-44/h1-41H. The molecule has 3 nitrogen and oxygen atoms in total. The Morgan fingerprint density at radius 2 is 0.580 bits per heavy atom. The highest BCUT2D eigenvalue weighted by Gasteiger charge is 2.23. The summed E-state index contributed by atoms with van der Waals surface area (Å²) in [4.78, 5) is 2.48. The van der Waals surface area contributed by atoms with Gasteiger partial charge in [-0.1, -0.05) is 170 Å². The minimum atomic E-state index is 1.10. The van der Waals surface area contributed by atoms with Gasteiger partial charge in [-0.3, -0.25) is 0 Å². The van der Waals surface area contributed by atoms with Crippen LogP contribution in [0.5, 0.6) is 0 Å². The maximum absolute atomic E-state index is 2.49. The summed E-state index contributed by atoms with van der Waals surface area (Å²) in [5.74, 6) is 0. The highest BCUT2D eigenvalue weighted by Crippen LogP contribution is 2.46. The van der Waals surface area contributed by atoms with Crippen molar-refractivity contribution in [3.05, 3.63) is 249 Å². The summed E-state index contributed by atoms with van der Waals surface area (Å²) in [7, 11) is 0. The van der Waals surface area contributed by atoms with Gasteiger partial charge in [0.2, 0.25) is 0 Å². The van der Waals surface area contributed by atoms with E-state index in [2.05, 4.69) is 263 Å². The molecule has 15 rings (SSSR count). The predicted molar refractivity (Wildman–Crippen MR) is 295 cm³/mol. The number of hydrogen-bond acceptors (Lipinski definition) is 1. The Balaban J connectivity index is 1.01. The van der Waals surface area contributed by atoms with Gasteiger partial charge in [-0.2, -0.15) is 0 Å². The molecule has 0 atom stereocenters. The number of anilines is 3. The summed E-state index contributed by atoms with van der Waals surface area (Å²) < 4.78 is 4.90. The topological polar surface area (TPSA) is 13.1 Å². The van der Waals surface area contributed by atoms with Crippen molar-refractivity contribution in [1.29, 1.82) is 0 Å². The van der Waals surface area contributed by atoms with Gasteiger partial charge in [-0.15, -0.1) is 0 Å². The monoisotopic (exact) mass is 875 g/mol. The highest BCUT2D eigenvalue weighted by molar-refractivity contribution is 6.27. The molecule has 320 valence electrons. The van der Waals surface area contributed by atoms with Crippen molar-refractivity contribution >= 4 is 125 Å². The normalized spacial score (nSPS) is 12.1. The molecule has 0 fully saturated rings. The van der Waals surface area contributed by atoms with Gasteiger partial charge in [-0.05, 0) is 143 Å². The van der Waals surface area contributed by atoms with Crippen LogP contribution in [0.1, 0.15) is 0 Å². The number of rotatable bonds is 5. The number of para-hydroxylation sites is 3. The van der Waals surface area contributed by atoms with Gasteiger partial charge in [0.05, 0.1) is 27.8 Å². The lowest BCUT2D eigenvalue weighted by molar-refractivity contribution is 1.17. The molecule has 0 radical (unpaired) electrons. The third-order valence-corrected chi connectivity index (χ3v) is 14.8. The van der Waals surface area contributed by atoms with Gasteiger partial charge >= 0.3 is 0 Å². The zero-order valence-electron chi connectivity index (χ0n) is 37.5. The van der Waals surface area contributed by atoms with Gasteiger partial charge in [0.15, 0.2) is 0 Å². The van der Waals surface area contributed by atoms with Crippen LogP contribution in [0.2, 0.25) is 0 Å². The van der Waals surface area contributed by atoms with Crippen molar-refractivity contribution in [3.63, 3.8) is 0 Å². The summed E-state index contributed by atoms with van der Waals surface area (Å²) >= 11 is 0. The van der Waals surface area contributed by atoms with Crippen LogP contribution in [-0.4, -0.2) is 9.13 Å². The first-order valence-corrected chi connectivity index (χ1v) is 23.8. The van der Waals surface area contributed by atoms with Gasteiger partial charge < -0.3 is 14.0 Å². The van der Waals surface area contributed by atoms with Crippen molar-refractivity contribution < 1.29 is 0 Å². The lowest BCUT2D eigenvalue weighted by atomic mass is 9.93. The van der Waals surface area contributed by atoms with Crippen LogP contribution < -0.4 is 4.90 Å². The molecule has 3 heteroatoms. The Morgan fingerprint density at radius 3 is 1.10 bits per heavy atom. The first-order chi connectivity index (χ1) is 34.3. The van der Waals surface area contributed by atoms with Gasteiger partial charge in [0, 0.05) is 44.3 Å². The van der Waals surface area contributed by atoms with Crippen LogP contribution in [0.4, 0.5) is 17.1 Å². The molecule has 0 saturated heterocycles. The maximum Gasteiger partial charge on any atom is 0.0562 e. The van der Waals surface area contributed by atoms with Gasteiger partial charge in [0.25, 0.3) is 0 Å². The molecule has 69 heavy (non-hydrogen) atoms. The molecule has 2 aromatic heterocycles. The number of hydrogen-bond donors (Lipinski definition) is 0. The van der Waals surface area contributed by atoms with E-state index in [0.717, 1.165) is 34.0 Å². The molecule has 0 amide bonds. The summed E-state index contributed by atoms with van der Waals surface area (Å²) in [6.07, 6.45) is 0. The van der Waals surface area contributed by atoms with Gasteiger partial charge in [0.1, 0.15) is 0 Å². The fourth-order valence-corrected chi connectivity index (χ4v) is 11.9. The van der Waals surface area contributed by atoms with E-state index in [9.17, 15) is 0 Å². The van der Waals surface area contributed by atoms with Crippen molar-refractivity contribution in [2.75, 3.05) is 4.90 Å². The lowest BCUT2D eigenvalue weighted by Crippen LogP contribution is -2.10. The molecule has 15 aromatic rings. The second-order valence-electron chi connectivity index (χ2n) is 18.4. The van der Waals surface area contributed by atoms with E-state index < -0.39 is 0 Å². The molecule has 0 aliphatic carbocycles. The van der Waals surface area contributed by atoms with Crippen LogP contribution in [0, 0.1) is 0 Å². The minimum Gasteiger partial charge on any atom is -0.310 e. The molecule has 13 aromatic carbocycles. The molecule has 0 aliphatic heterocycles. The molecule has 2 heterocycles. The van der Waals surface area contributed by atoms with Crippen LogP contribution in [0.3, 0.4) is 0 Å². The van der Waals surface area contributed by atoms with Crippen molar-refractivity contribution in [2.45, 2.75) is 0 Å². The van der Waals surface area contributed by atoms with E-state index in [0.29, 0.717) is 0 Å². The maximum atomic E-state index is 2.49. The Labute approximate surface area is 397 Å². The van der Waals surface area contributed by atoms with Gasteiger partial charge in [-0.25, -0.2) is 0 Å². The average molecular weight is 876 g/mol. The predicted octanol–water partition coefficient (Wildman–Crippen LogP) is 18.3. The Hall–Kier alpha value is -9.18. The molecule has 0 bridgehead atoms. The summed E-state index contributed by atoms with van der Waals surface area (Å²) in [5, 5.41) is 20.0. The average Bonchev–Trinajstić information content (AvgIpc) is 3.94.